The maximum atomic E-state index is 14.6. The van der Waals surface area contributed by atoms with E-state index in [-0.39, 0.29) is 42.6 Å². The first kappa shape index (κ1) is 32.7. The number of nitrogens with zero attached hydrogens (tertiary/aromatic N) is 2. The van der Waals surface area contributed by atoms with E-state index < -0.39 is 18.1 Å². The zero-order chi connectivity index (χ0) is 30.0. The van der Waals surface area contributed by atoms with Crippen molar-refractivity contribution in [3.05, 3.63) is 64.6 Å². The van der Waals surface area contributed by atoms with Crippen molar-refractivity contribution in [2.24, 2.45) is 5.92 Å². The summed E-state index contributed by atoms with van der Waals surface area (Å²) in [6.45, 7) is 4.77. The Kier molecular flexibility index (Phi) is 10.7. The normalized spacial score (nSPS) is 19.7. The standard InChI is InChI=1S/C32H37BrN4O5.ClH/c1-19(34-3)30(38)35-29-20(2)37(31(39)21-14-16-42-17-15-21)27-11-6-5-10-26(27)36(32(29)40)18-24-22-8-7-9-25(33)23(22)12-13-28(24)41-4;/h5-13,19-21,29,34H,14-18H2,1-4H3,(H,35,38);1H/t19-,20-,29-;/m0./s1. The number of nitrogens with one attached hydrogen (secondary N) is 2. The van der Waals surface area contributed by atoms with Gasteiger partial charge in [0.15, 0.2) is 0 Å². The molecular formula is C32H38BrClN4O5. The molecule has 230 valence electrons. The second-order valence-corrected chi connectivity index (χ2v) is 11.7. The molecule has 0 saturated carbocycles. The van der Waals surface area contributed by atoms with Crippen molar-refractivity contribution in [2.45, 2.75) is 51.4 Å². The maximum absolute atomic E-state index is 14.6. The highest BCUT2D eigenvalue weighted by Gasteiger charge is 2.44. The molecule has 3 aromatic rings. The zero-order valence-corrected chi connectivity index (χ0v) is 27.2. The van der Waals surface area contributed by atoms with Crippen LogP contribution in [0.2, 0.25) is 0 Å². The lowest BCUT2D eigenvalue weighted by atomic mass is 9.96. The number of amides is 3. The fraction of sp³-hybridized carbons (Fsp3) is 0.406. The van der Waals surface area contributed by atoms with Crippen LogP contribution in [0.4, 0.5) is 11.4 Å². The van der Waals surface area contributed by atoms with Gasteiger partial charge in [0.25, 0.3) is 5.91 Å². The molecule has 2 N–H and O–H groups in total. The van der Waals surface area contributed by atoms with E-state index >= 15 is 0 Å². The van der Waals surface area contributed by atoms with Crippen molar-refractivity contribution in [3.63, 3.8) is 0 Å². The van der Waals surface area contributed by atoms with Gasteiger partial charge in [0.1, 0.15) is 11.8 Å². The van der Waals surface area contributed by atoms with Gasteiger partial charge in [-0.05, 0) is 74.8 Å². The van der Waals surface area contributed by atoms with Gasteiger partial charge in [-0.2, -0.15) is 0 Å². The van der Waals surface area contributed by atoms with Crippen molar-refractivity contribution >= 4 is 68.2 Å². The zero-order valence-electron chi connectivity index (χ0n) is 24.8. The third kappa shape index (κ3) is 6.38. The van der Waals surface area contributed by atoms with Crippen molar-refractivity contribution in [3.8, 4) is 5.75 Å². The highest BCUT2D eigenvalue weighted by Crippen LogP contribution is 2.40. The van der Waals surface area contributed by atoms with Gasteiger partial charge >= 0.3 is 0 Å². The number of hydrogen-bond donors (Lipinski definition) is 2. The van der Waals surface area contributed by atoms with Crippen molar-refractivity contribution < 1.29 is 23.9 Å². The molecule has 3 aromatic carbocycles. The molecule has 43 heavy (non-hydrogen) atoms. The van der Waals surface area contributed by atoms with Crippen LogP contribution in [0.5, 0.6) is 5.75 Å². The fourth-order valence-electron chi connectivity index (χ4n) is 5.85. The lowest BCUT2D eigenvalue weighted by Crippen LogP contribution is -2.60. The Morgan fingerprint density at radius 2 is 1.74 bits per heavy atom. The number of carbonyl (C=O) groups excluding carboxylic acids is 3. The first-order valence-corrected chi connectivity index (χ1v) is 15.1. The molecule has 3 atom stereocenters. The predicted molar refractivity (Wildman–Crippen MR) is 174 cm³/mol. The second kappa shape index (κ2) is 14.1. The molecule has 5 rings (SSSR count). The van der Waals surface area contributed by atoms with Gasteiger partial charge in [-0.15, -0.1) is 12.4 Å². The quantitative estimate of drug-likeness (QED) is 0.373. The Morgan fingerprint density at radius 3 is 2.42 bits per heavy atom. The molecule has 9 nitrogen and oxygen atoms in total. The van der Waals surface area contributed by atoms with Gasteiger partial charge in [0, 0.05) is 29.2 Å². The Bertz CT molecular complexity index is 1500. The number of carbonyl (C=O) groups is 3. The molecule has 0 unspecified atom stereocenters. The van der Waals surface area contributed by atoms with Crippen LogP contribution < -0.4 is 25.2 Å². The highest BCUT2D eigenvalue weighted by atomic mass is 79.9. The average molecular weight is 674 g/mol. The molecule has 2 aliphatic heterocycles. The van der Waals surface area contributed by atoms with Crippen LogP contribution in [0.1, 0.15) is 32.3 Å². The summed E-state index contributed by atoms with van der Waals surface area (Å²) in [6.07, 6.45) is 1.22. The van der Waals surface area contributed by atoms with Gasteiger partial charge in [-0.3, -0.25) is 14.4 Å². The van der Waals surface area contributed by atoms with Crippen LogP contribution in [0.25, 0.3) is 10.8 Å². The number of anilines is 2. The molecule has 1 fully saturated rings. The van der Waals surface area contributed by atoms with Crippen molar-refractivity contribution in [1.82, 2.24) is 10.6 Å². The Labute approximate surface area is 266 Å². The number of rotatable bonds is 7. The number of methoxy groups -OCH3 is 1. The van der Waals surface area contributed by atoms with E-state index in [1.165, 1.54) is 0 Å². The minimum absolute atomic E-state index is 0. The molecule has 2 aliphatic rings. The first-order valence-electron chi connectivity index (χ1n) is 14.3. The summed E-state index contributed by atoms with van der Waals surface area (Å²) in [4.78, 5) is 45.4. The Hall–Kier alpha value is -3.18. The smallest absolute Gasteiger partial charge is 0.252 e. The van der Waals surface area contributed by atoms with Gasteiger partial charge < -0.3 is 29.9 Å². The summed E-state index contributed by atoms with van der Waals surface area (Å²) in [5.74, 6) is -0.288. The Morgan fingerprint density at radius 1 is 1.05 bits per heavy atom. The van der Waals surface area contributed by atoms with E-state index in [1.54, 1.807) is 30.9 Å². The number of halogens is 2. The van der Waals surface area contributed by atoms with Crippen LogP contribution in [-0.2, 0) is 25.7 Å². The molecule has 0 radical (unpaired) electrons. The first-order chi connectivity index (χ1) is 20.3. The predicted octanol–water partition coefficient (Wildman–Crippen LogP) is 4.82. The number of benzene rings is 3. The third-order valence-electron chi connectivity index (χ3n) is 8.40. The van der Waals surface area contributed by atoms with Gasteiger partial charge in [0.05, 0.1) is 37.1 Å². The third-order valence-corrected chi connectivity index (χ3v) is 9.09. The largest absolute Gasteiger partial charge is 0.496 e. The average Bonchev–Trinajstić information content (AvgIpc) is 3.09. The topological polar surface area (TPSA) is 100 Å². The molecule has 2 heterocycles. The Balaban J connectivity index is 0.00000423. The van der Waals surface area contributed by atoms with Crippen LogP contribution in [-0.4, -0.2) is 63.2 Å². The van der Waals surface area contributed by atoms with Gasteiger partial charge in [0.2, 0.25) is 11.8 Å². The summed E-state index contributed by atoms with van der Waals surface area (Å²) < 4.78 is 12.2. The number of fused-ring (bicyclic) bond motifs is 2. The van der Waals surface area contributed by atoms with E-state index in [4.69, 9.17) is 9.47 Å². The van der Waals surface area contributed by atoms with Crippen LogP contribution >= 0.6 is 28.3 Å². The van der Waals surface area contributed by atoms with Gasteiger partial charge in [-0.25, -0.2) is 0 Å². The summed E-state index contributed by atoms with van der Waals surface area (Å²) >= 11 is 3.65. The molecule has 3 amide bonds. The monoisotopic (exact) mass is 672 g/mol. The molecule has 0 aromatic heterocycles. The SMILES string of the molecule is CN[C@@H](C)C(=O)N[C@@H]1C(=O)N(Cc2c(OC)ccc3c(Br)cccc23)c2ccccc2N(C(=O)C2CCOCC2)[C@H]1C.Cl. The lowest BCUT2D eigenvalue weighted by molar-refractivity contribution is -0.130. The number of likely N-dealkylation sites (N-methyl/N-ethyl adjacent to an activating group) is 1. The van der Waals surface area contributed by atoms with E-state index in [0.717, 1.165) is 20.8 Å². The van der Waals surface area contributed by atoms with E-state index in [9.17, 15) is 14.4 Å². The highest BCUT2D eigenvalue weighted by molar-refractivity contribution is 9.10. The van der Waals surface area contributed by atoms with E-state index in [2.05, 4.69) is 26.6 Å². The van der Waals surface area contributed by atoms with E-state index in [1.807, 2.05) is 61.5 Å². The summed E-state index contributed by atoms with van der Waals surface area (Å²) in [7, 11) is 3.30. The number of para-hydroxylation sites is 2. The maximum Gasteiger partial charge on any atom is 0.252 e. The summed E-state index contributed by atoms with van der Waals surface area (Å²) in [6, 6.07) is 15.1. The fourth-order valence-corrected chi connectivity index (χ4v) is 6.35. The molecular weight excluding hydrogens is 636 g/mol. The van der Waals surface area contributed by atoms with Gasteiger partial charge in [-0.1, -0.05) is 40.2 Å². The summed E-state index contributed by atoms with van der Waals surface area (Å²) in [5.41, 5.74) is 2.06. The minimum Gasteiger partial charge on any atom is -0.496 e. The van der Waals surface area contributed by atoms with Crippen LogP contribution in [0, 0.1) is 5.92 Å². The van der Waals surface area contributed by atoms with Crippen molar-refractivity contribution in [1.29, 1.82) is 0 Å². The molecule has 0 spiro atoms. The molecule has 0 bridgehead atoms. The summed E-state index contributed by atoms with van der Waals surface area (Å²) in [5, 5.41) is 7.84. The second-order valence-electron chi connectivity index (χ2n) is 10.8. The number of ether oxygens (including phenoxy) is 2. The number of hydrogen-bond acceptors (Lipinski definition) is 6. The van der Waals surface area contributed by atoms with Crippen molar-refractivity contribution in [2.75, 3.05) is 37.2 Å². The molecule has 11 heteroatoms. The van der Waals surface area contributed by atoms with E-state index in [0.29, 0.717) is 43.2 Å². The molecule has 0 aliphatic carbocycles. The van der Waals surface area contributed by atoms with Crippen LogP contribution in [0.15, 0.2) is 59.1 Å². The minimum atomic E-state index is -0.989. The molecule has 1 saturated heterocycles. The lowest BCUT2D eigenvalue weighted by Gasteiger charge is -2.35. The van der Waals surface area contributed by atoms with Crippen LogP contribution in [0.3, 0.4) is 0 Å².